The molecule has 104 valence electrons. The van der Waals surface area contributed by atoms with Gasteiger partial charge in [-0.05, 0) is 47.7 Å². The van der Waals surface area contributed by atoms with Crippen LogP contribution in [-0.4, -0.2) is 47.1 Å². The van der Waals surface area contributed by atoms with Crippen molar-refractivity contribution in [1.29, 1.82) is 0 Å². The maximum Gasteiger partial charge on any atom is 0.257 e. The van der Waals surface area contributed by atoms with Gasteiger partial charge >= 0.3 is 0 Å². The van der Waals surface area contributed by atoms with E-state index < -0.39 is 0 Å². The van der Waals surface area contributed by atoms with Crippen LogP contribution in [0.4, 0.5) is 0 Å². The van der Waals surface area contributed by atoms with Gasteiger partial charge in [0.2, 0.25) is 0 Å². The summed E-state index contributed by atoms with van der Waals surface area (Å²) in [7, 11) is 0. The molecule has 1 saturated heterocycles. The van der Waals surface area contributed by atoms with Crippen LogP contribution in [-0.2, 0) is 4.74 Å². The van der Waals surface area contributed by atoms with Gasteiger partial charge in [-0.2, -0.15) is 0 Å². The monoisotopic (exact) mass is 395 g/mol. The maximum absolute atomic E-state index is 12.4. The minimum absolute atomic E-state index is 0.00647. The number of carbonyl (C=O) groups is 1. The fourth-order valence-electron chi connectivity index (χ4n) is 2.15. The van der Waals surface area contributed by atoms with Crippen LogP contribution in [0.25, 0.3) is 0 Å². The zero-order valence-electron chi connectivity index (χ0n) is 10.5. The molecule has 1 aliphatic rings. The molecule has 0 spiro atoms. The number of amides is 1. The standard InChI is InChI=1S/C13H15ClINO3/c1-8-6-16(7-10(5-14)19-8)13(18)11-4-9(15)2-3-12(11)17/h2-4,8,10,17H,5-7H2,1H3. The van der Waals surface area contributed by atoms with Gasteiger partial charge < -0.3 is 14.7 Å². The quantitative estimate of drug-likeness (QED) is 0.618. The molecule has 2 rings (SSSR count). The third kappa shape index (κ3) is 3.52. The summed E-state index contributed by atoms with van der Waals surface area (Å²) in [5.74, 6) is 0.181. The van der Waals surface area contributed by atoms with Crippen molar-refractivity contribution in [1.82, 2.24) is 4.90 Å². The van der Waals surface area contributed by atoms with Gasteiger partial charge in [-0.15, -0.1) is 11.6 Å². The number of carbonyl (C=O) groups excluding carboxylic acids is 1. The highest BCUT2D eigenvalue weighted by atomic mass is 127. The Kier molecular flexibility index (Phi) is 4.92. The number of morpholine rings is 1. The van der Waals surface area contributed by atoms with E-state index in [1.165, 1.54) is 6.07 Å². The summed E-state index contributed by atoms with van der Waals surface area (Å²) < 4.78 is 6.53. The van der Waals surface area contributed by atoms with Crippen molar-refractivity contribution in [3.63, 3.8) is 0 Å². The third-order valence-electron chi connectivity index (χ3n) is 2.97. The van der Waals surface area contributed by atoms with Crippen molar-refractivity contribution in [3.8, 4) is 5.75 Å². The van der Waals surface area contributed by atoms with Gasteiger partial charge in [-0.3, -0.25) is 4.79 Å². The number of rotatable bonds is 2. The minimum atomic E-state index is -0.179. The van der Waals surface area contributed by atoms with Gasteiger partial charge in [0.05, 0.1) is 23.7 Å². The largest absolute Gasteiger partial charge is 0.507 e. The van der Waals surface area contributed by atoms with Crippen LogP contribution in [0, 0.1) is 3.57 Å². The van der Waals surface area contributed by atoms with Crippen molar-refractivity contribution in [2.45, 2.75) is 19.1 Å². The van der Waals surface area contributed by atoms with E-state index in [0.717, 1.165) is 3.57 Å². The fraction of sp³-hybridized carbons (Fsp3) is 0.462. The topological polar surface area (TPSA) is 49.8 Å². The molecule has 1 amide bonds. The van der Waals surface area contributed by atoms with Crippen molar-refractivity contribution in [2.75, 3.05) is 19.0 Å². The summed E-state index contributed by atoms with van der Waals surface area (Å²) >= 11 is 7.92. The SMILES string of the molecule is CC1CN(C(=O)c2cc(I)ccc2O)CC(CCl)O1. The molecule has 2 atom stereocenters. The number of halogens is 2. The summed E-state index contributed by atoms with van der Waals surface area (Å²) in [6, 6.07) is 4.99. The van der Waals surface area contributed by atoms with Crippen molar-refractivity contribution in [2.24, 2.45) is 0 Å². The number of alkyl halides is 1. The third-order valence-corrected chi connectivity index (χ3v) is 3.99. The molecule has 4 nitrogen and oxygen atoms in total. The van der Waals surface area contributed by atoms with E-state index in [2.05, 4.69) is 22.6 Å². The first-order valence-electron chi connectivity index (χ1n) is 6.00. The molecule has 1 N–H and O–H groups in total. The number of ether oxygens (including phenoxy) is 1. The molecule has 19 heavy (non-hydrogen) atoms. The molecule has 1 aromatic carbocycles. The molecule has 6 heteroatoms. The van der Waals surface area contributed by atoms with E-state index in [0.29, 0.717) is 24.5 Å². The smallest absolute Gasteiger partial charge is 0.257 e. The van der Waals surface area contributed by atoms with Gasteiger partial charge in [-0.25, -0.2) is 0 Å². The number of phenols is 1. The van der Waals surface area contributed by atoms with Crippen LogP contribution in [0.1, 0.15) is 17.3 Å². The molecule has 1 aromatic rings. The molecule has 0 aromatic heterocycles. The van der Waals surface area contributed by atoms with Crippen LogP contribution >= 0.6 is 34.2 Å². The van der Waals surface area contributed by atoms with Gasteiger partial charge in [-0.1, -0.05) is 0 Å². The lowest BCUT2D eigenvalue weighted by molar-refractivity contribution is -0.0571. The Labute approximate surface area is 130 Å². The van der Waals surface area contributed by atoms with Crippen molar-refractivity contribution in [3.05, 3.63) is 27.3 Å². The lowest BCUT2D eigenvalue weighted by Crippen LogP contribution is -2.49. The molecule has 1 fully saturated rings. The molecule has 0 saturated carbocycles. The predicted molar refractivity (Wildman–Crippen MR) is 81.8 cm³/mol. The fourth-order valence-corrected chi connectivity index (χ4v) is 2.81. The summed E-state index contributed by atoms with van der Waals surface area (Å²) in [4.78, 5) is 14.1. The average molecular weight is 396 g/mol. The predicted octanol–water partition coefficient (Wildman–Crippen LogP) is 2.47. The summed E-state index contributed by atoms with van der Waals surface area (Å²) in [6.45, 7) is 2.88. The summed E-state index contributed by atoms with van der Waals surface area (Å²) in [5.41, 5.74) is 0.328. The normalized spacial score (nSPS) is 23.4. The average Bonchev–Trinajstić information content (AvgIpc) is 2.40. The molecule has 0 aliphatic carbocycles. The zero-order chi connectivity index (χ0) is 14.0. The Morgan fingerprint density at radius 2 is 2.32 bits per heavy atom. The van der Waals surface area contributed by atoms with Crippen LogP contribution in [0.5, 0.6) is 5.75 Å². The van der Waals surface area contributed by atoms with Gasteiger partial charge in [0, 0.05) is 16.7 Å². The number of benzene rings is 1. The number of nitrogens with zero attached hydrogens (tertiary/aromatic N) is 1. The summed E-state index contributed by atoms with van der Waals surface area (Å²) in [5, 5.41) is 9.82. The Morgan fingerprint density at radius 1 is 1.58 bits per heavy atom. The van der Waals surface area contributed by atoms with Crippen molar-refractivity contribution < 1.29 is 14.6 Å². The molecule has 1 aliphatic heterocycles. The lowest BCUT2D eigenvalue weighted by Gasteiger charge is -2.36. The Morgan fingerprint density at radius 3 is 3.00 bits per heavy atom. The second-order valence-corrected chi connectivity index (χ2v) is 6.15. The van der Waals surface area contributed by atoms with Gasteiger partial charge in [0.1, 0.15) is 5.75 Å². The van der Waals surface area contributed by atoms with E-state index in [-0.39, 0.29) is 23.9 Å². The van der Waals surface area contributed by atoms with Crippen LogP contribution < -0.4 is 0 Å². The highest BCUT2D eigenvalue weighted by molar-refractivity contribution is 14.1. The van der Waals surface area contributed by atoms with Crippen LogP contribution in [0.3, 0.4) is 0 Å². The highest BCUT2D eigenvalue weighted by Gasteiger charge is 2.29. The van der Waals surface area contributed by atoms with E-state index in [1.807, 2.05) is 6.92 Å². The maximum atomic E-state index is 12.4. The van der Waals surface area contributed by atoms with Gasteiger partial charge in [0.15, 0.2) is 0 Å². The lowest BCUT2D eigenvalue weighted by atomic mass is 10.1. The van der Waals surface area contributed by atoms with E-state index in [9.17, 15) is 9.90 Å². The Balaban J connectivity index is 2.21. The van der Waals surface area contributed by atoms with E-state index in [1.54, 1.807) is 17.0 Å². The number of hydrogen-bond donors (Lipinski definition) is 1. The highest BCUT2D eigenvalue weighted by Crippen LogP contribution is 2.23. The van der Waals surface area contributed by atoms with E-state index >= 15 is 0 Å². The molecule has 0 radical (unpaired) electrons. The number of aromatic hydroxyl groups is 1. The van der Waals surface area contributed by atoms with Crippen LogP contribution in [0.15, 0.2) is 18.2 Å². The second kappa shape index (κ2) is 6.28. The molecular weight excluding hydrogens is 381 g/mol. The van der Waals surface area contributed by atoms with Crippen molar-refractivity contribution >= 4 is 40.1 Å². The van der Waals surface area contributed by atoms with Gasteiger partial charge in [0.25, 0.3) is 5.91 Å². The second-order valence-electron chi connectivity index (χ2n) is 4.59. The first-order chi connectivity index (χ1) is 9.01. The number of phenolic OH excluding ortho intramolecular Hbond substituents is 1. The minimum Gasteiger partial charge on any atom is -0.507 e. The van der Waals surface area contributed by atoms with Crippen LogP contribution in [0.2, 0.25) is 0 Å². The molecular formula is C13H15ClINO3. The first-order valence-corrected chi connectivity index (χ1v) is 7.61. The Bertz CT molecular complexity index is 483. The van der Waals surface area contributed by atoms with E-state index in [4.69, 9.17) is 16.3 Å². The first kappa shape index (κ1) is 14.9. The summed E-state index contributed by atoms with van der Waals surface area (Å²) in [6.07, 6.45) is -0.203. The molecule has 1 heterocycles. The zero-order valence-corrected chi connectivity index (χ0v) is 13.4. The number of hydrogen-bond acceptors (Lipinski definition) is 3. The molecule has 2 unspecified atom stereocenters. The molecule has 0 bridgehead atoms. The Hall–Kier alpha value is -0.530.